The number of rotatable bonds is 6. The van der Waals surface area contributed by atoms with Crippen molar-refractivity contribution in [1.29, 1.82) is 0 Å². The van der Waals surface area contributed by atoms with Crippen LogP contribution in [0, 0.1) is 46.3 Å². The molecule has 0 heterocycles. The summed E-state index contributed by atoms with van der Waals surface area (Å²) in [6.07, 6.45) is 17.2. The van der Waals surface area contributed by atoms with Crippen LogP contribution in [0.25, 0.3) is 0 Å². The third-order valence-corrected chi connectivity index (χ3v) is 12.6. The van der Waals surface area contributed by atoms with Crippen LogP contribution in [0.4, 0.5) is 0 Å². The highest BCUT2D eigenvalue weighted by atomic mass is 16.6. The van der Waals surface area contributed by atoms with E-state index >= 15 is 0 Å². The van der Waals surface area contributed by atoms with Crippen molar-refractivity contribution in [1.82, 2.24) is 0 Å². The fourth-order valence-electron chi connectivity index (χ4n) is 11.4. The van der Waals surface area contributed by atoms with Gasteiger partial charge in [0.2, 0.25) is 0 Å². The van der Waals surface area contributed by atoms with Gasteiger partial charge in [-0.15, -0.1) is 0 Å². The van der Waals surface area contributed by atoms with E-state index in [0.717, 1.165) is 63.2 Å². The summed E-state index contributed by atoms with van der Waals surface area (Å²) in [4.78, 5) is 28.1. The van der Waals surface area contributed by atoms with E-state index in [9.17, 15) is 9.59 Å². The molecule has 4 heteroatoms. The SMILES string of the molecule is CC[C@@]1(OC(=O)C23CC4CC(C2)CC(C(=O)O[C@@]2(CC)C[C@@H]5CC[C@H]2C5)(C4)C3)C[C@H]2CC[C@@H]1C2. The molecule has 0 saturated heterocycles. The minimum Gasteiger partial charge on any atom is -0.458 e. The van der Waals surface area contributed by atoms with Crippen molar-refractivity contribution in [2.75, 3.05) is 0 Å². The van der Waals surface area contributed by atoms with Crippen molar-refractivity contribution in [3.05, 3.63) is 0 Å². The predicted molar refractivity (Wildman–Crippen MR) is 129 cm³/mol. The van der Waals surface area contributed by atoms with Crippen molar-refractivity contribution in [2.24, 2.45) is 46.3 Å². The zero-order valence-electron chi connectivity index (χ0n) is 21.4. The van der Waals surface area contributed by atoms with Crippen molar-refractivity contribution < 1.29 is 19.1 Å². The first-order valence-electron chi connectivity index (χ1n) is 14.8. The minimum atomic E-state index is -0.443. The lowest BCUT2D eigenvalue weighted by atomic mass is 9.44. The van der Waals surface area contributed by atoms with Crippen LogP contribution in [0.1, 0.15) is 117 Å². The molecular weight excluding hydrogens is 424 g/mol. The number of hydrogen-bond donors (Lipinski definition) is 0. The quantitative estimate of drug-likeness (QED) is 0.412. The Hall–Kier alpha value is -1.06. The first-order chi connectivity index (χ1) is 16.3. The van der Waals surface area contributed by atoms with Gasteiger partial charge in [0.1, 0.15) is 11.2 Å². The number of carbonyl (C=O) groups is 2. The van der Waals surface area contributed by atoms with Gasteiger partial charge in [0, 0.05) is 0 Å². The molecule has 188 valence electrons. The summed E-state index contributed by atoms with van der Waals surface area (Å²) in [5.41, 5.74) is -1.35. The lowest BCUT2D eigenvalue weighted by Gasteiger charge is -2.60. The van der Waals surface area contributed by atoms with E-state index in [1.165, 1.54) is 44.9 Å². The summed E-state index contributed by atoms with van der Waals surface area (Å²) in [6.45, 7) is 4.43. The standard InChI is InChI=1S/C30H44O4/c1-3-29(16-19-5-7-23(29)10-19)33-25(31)27-12-21-9-22(13-27)15-28(14-21,18-27)26(32)34-30(4-2)17-20-6-8-24(30)11-20/h19-24H,3-18H2,1-2H3/t19-,20+,21?,22?,23+,24-,27?,28?,29+,30-. The maximum absolute atomic E-state index is 14.1. The van der Waals surface area contributed by atoms with Gasteiger partial charge in [-0.3, -0.25) is 9.59 Å². The molecule has 0 amide bonds. The van der Waals surface area contributed by atoms with Gasteiger partial charge >= 0.3 is 11.9 Å². The number of hydrogen-bond acceptors (Lipinski definition) is 4. The van der Waals surface area contributed by atoms with E-state index < -0.39 is 10.8 Å². The lowest BCUT2D eigenvalue weighted by molar-refractivity contribution is -0.214. The smallest absolute Gasteiger partial charge is 0.312 e. The predicted octanol–water partition coefficient (Wildman–Crippen LogP) is 6.60. The zero-order valence-corrected chi connectivity index (χ0v) is 21.4. The molecule has 8 aliphatic carbocycles. The second-order valence-electron chi connectivity index (χ2n) is 14.3. The molecule has 8 saturated carbocycles. The molecule has 0 N–H and O–H groups in total. The highest BCUT2D eigenvalue weighted by Gasteiger charge is 2.66. The minimum absolute atomic E-state index is 0.0540. The lowest BCUT2D eigenvalue weighted by Crippen LogP contribution is -2.60. The molecule has 8 rings (SSSR count). The monoisotopic (exact) mass is 468 g/mol. The van der Waals surface area contributed by atoms with Crippen LogP contribution in [0.5, 0.6) is 0 Å². The van der Waals surface area contributed by atoms with Gasteiger partial charge in [-0.1, -0.05) is 13.8 Å². The molecule has 8 fully saturated rings. The van der Waals surface area contributed by atoms with Crippen molar-refractivity contribution in [3.63, 3.8) is 0 Å². The van der Waals surface area contributed by atoms with Gasteiger partial charge in [0.25, 0.3) is 0 Å². The first-order valence-corrected chi connectivity index (χ1v) is 14.8. The van der Waals surface area contributed by atoms with Crippen LogP contribution < -0.4 is 0 Å². The van der Waals surface area contributed by atoms with Crippen LogP contribution in [0.15, 0.2) is 0 Å². The molecule has 0 radical (unpaired) electrons. The Bertz CT molecular complexity index is 812. The maximum Gasteiger partial charge on any atom is 0.312 e. The molecule has 8 atom stereocenters. The molecule has 0 spiro atoms. The summed E-state index contributed by atoms with van der Waals surface area (Å²) in [5, 5.41) is 0. The van der Waals surface area contributed by atoms with E-state index in [-0.39, 0.29) is 23.1 Å². The van der Waals surface area contributed by atoms with Gasteiger partial charge in [-0.25, -0.2) is 0 Å². The first kappa shape index (κ1) is 22.2. The number of esters is 2. The molecule has 0 aromatic heterocycles. The molecule has 0 aliphatic heterocycles. The Morgan fingerprint density at radius 1 is 0.618 bits per heavy atom. The Balaban J connectivity index is 1.14. The molecule has 2 unspecified atom stereocenters. The van der Waals surface area contributed by atoms with E-state index in [2.05, 4.69) is 13.8 Å². The highest BCUT2D eigenvalue weighted by molar-refractivity contribution is 5.83. The van der Waals surface area contributed by atoms with Crippen molar-refractivity contribution in [2.45, 2.75) is 128 Å². The fraction of sp³-hybridized carbons (Fsp3) is 0.933. The summed E-state index contributed by atoms with van der Waals surface area (Å²) in [7, 11) is 0. The Labute approximate surface area is 205 Å². The Morgan fingerprint density at radius 2 is 1.06 bits per heavy atom. The summed E-state index contributed by atoms with van der Waals surface area (Å²) in [6, 6.07) is 0. The summed E-state index contributed by atoms with van der Waals surface area (Å²) < 4.78 is 13.2. The third kappa shape index (κ3) is 2.95. The maximum atomic E-state index is 14.1. The zero-order chi connectivity index (χ0) is 23.3. The molecular formula is C30H44O4. The van der Waals surface area contributed by atoms with Gasteiger partial charge in [-0.05, 0) is 138 Å². The average Bonchev–Trinajstić information content (AvgIpc) is 3.59. The van der Waals surface area contributed by atoms with Gasteiger partial charge in [0.15, 0.2) is 0 Å². The van der Waals surface area contributed by atoms with E-state index in [1.54, 1.807) is 0 Å². The largest absolute Gasteiger partial charge is 0.458 e. The molecule has 0 aromatic carbocycles. The van der Waals surface area contributed by atoms with E-state index in [1.807, 2.05) is 0 Å². The Kier molecular flexibility index (Phi) is 4.73. The third-order valence-electron chi connectivity index (χ3n) is 12.6. The van der Waals surface area contributed by atoms with Crippen LogP contribution in [0.2, 0.25) is 0 Å². The van der Waals surface area contributed by atoms with Crippen LogP contribution in [-0.4, -0.2) is 23.1 Å². The number of fused-ring (bicyclic) bond motifs is 4. The second-order valence-corrected chi connectivity index (χ2v) is 14.3. The molecule has 8 bridgehead atoms. The number of ether oxygens (including phenoxy) is 2. The van der Waals surface area contributed by atoms with Gasteiger partial charge in [0.05, 0.1) is 10.8 Å². The van der Waals surface area contributed by atoms with Gasteiger partial charge in [-0.2, -0.15) is 0 Å². The van der Waals surface area contributed by atoms with Crippen LogP contribution in [0.3, 0.4) is 0 Å². The molecule has 8 aliphatic rings. The van der Waals surface area contributed by atoms with Crippen LogP contribution >= 0.6 is 0 Å². The fourth-order valence-corrected chi connectivity index (χ4v) is 11.4. The van der Waals surface area contributed by atoms with Crippen LogP contribution in [-0.2, 0) is 19.1 Å². The van der Waals surface area contributed by atoms with E-state index in [0.29, 0.717) is 30.1 Å². The van der Waals surface area contributed by atoms with Crippen molar-refractivity contribution in [3.8, 4) is 0 Å². The van der Waals surface area contributed by atoms with E-state index in [4.69, 9.17) is 9.47 Å². The average molecular weight is 469 g/mol. The second kappa shape index (κ2) is 7.25. The van der Waals surface area contributed by atoms with Crippen molar-refractivity contribution >= 4 is 11.9 Å². The summed E-state index contributed by atoms with van der Waals surface area (Å²) in [5.74, 6) is 3.69. The highest BCUT2D eigenvalue weighted by Crippen LogP contribution is 2.67. The summed E-state index contributed by atoms with van der Waals surface area (Å²) >= 11 is 0. The van der Waals surface area contributed by atoms with Gasteiger partial charge < -0.3 is 9.47 Å². The number of carbonyl (C=O) groups excluding carboxylic acids is 2. The molecule has 4 nitrogen and oxygen atoms in total. The topological polar surface area (TPSA) is 52.6 Å². The molecule has 0 aromatic rings. The Morgan fingerprint density at radius 3 is 1.38 bits per heavy atom. The molecule has 34 heavy (non-hydrogen) atoms. The normalized spacial score (nSPS) is 54.1.